The van der Waals surface area contributed by atoms with E-state index >= 15 is 4.39 Å². The molecular formula is C20H22FN5O3. The molecule has 29 heavy (non-hydrogen) atoms. The highest BCUT2D eigenvalue weighted by Crippen LogP contribution is 2.28. The van der Waals surface area contributed by atoms with Gasteiger partial charge in [-0.25, -0.2) is 9.18 Å². The number of anilines is 1. The van der Waals surface area contributed by atoms with E-state index in [1.807, 2.05) is 24.9 Å². The van der Waals surface area contributed by atoms with E-state index in [1.165, 1.54) is 6.20 Å². The van der Waals surface area contributed by atoms with Gasteiger partial charge in [-0.15, -0.1) is 0 Å². The molecule has 1 atom stereocenters. The largest absolute Gasteiger partial charge is 0.477 e. The molecule has 0 amide bonds. The maximum atomic E-state index is 15.0. The van der Waals surface area contributed by atoms with Gasteiger partial charge in [0.25, 0.3) is 0 Å². The Morgan fingerprint density at radius 1 is 1.41 bits per heavy atom. The second-order valence-electron chi connectivity index (χ2n) is 7.12. The number of hydrogen-bond acceptors (Lipinski definition) is 5. The summed E-state index contributed by atoms with van der Waals surface area (Å²) in [6, 6.07) is 4.73. The summed E-state index contributed by atoms with van der Waals surface area (Å²) in [5.41, 5.74) is 0.901. The Labute approximate surface area is 166 Å². The molecule has 0 spiro atoms. The highest BCUT2D eigenvalue weighted by molar-refractivity contribution is 5.93. The highest BCUT2D eigenvalue weighted by Gasteiger charge is 2.26. The second kappa shape index (κ2) is 7.32. The standard InChI is InChI=1S/C20H22FN5O3/c1-3-25-10-13(20(28)29)19(27)12-8-14(21)18(9-17(12)25)26-7-6-22-15(11-26)16-4-5-23-24(16)2/h4-5,8-10,15,22H,3,6-7,11H2,1-2H3,(H,28,29). The monoisotopic (exact) mass is 399 g/mol. The number of aryl methyl sites for hydroxylation is 2. The third kappa shape index (κ3) is 3.27. The lowest BCUT2D eigenvalue weighted by Gasteiger charge is -2.35. The van der Waals surface area contributed by atoms with Crippen LogP contribution in [0.4, 0.5) is 10.1 Å². The summed E-state index contributed by atoms with van der Waals surface area (Å²) in [7, 11) is 1.87. The Morgan fingerprint density at radius 2 is 2.21 bits per heavy atom. The van der Waals surface area contributed by atoms with Gasteiger partial charge in [0.15, 0.2) is 0 Å². The number of aromatic carboxylic acids is 1. The zero-order chi connectivity index (χ0) is 20.7. The molecule has 3 heterocycles. The molecule has 4 rings (SSSR count). The average molecular weight is 399 g/mol. The minimum Gasteiger partial charge on any atom is -0.477 e. The maximum Gasteiger partial charge on any atom is 0.341 e. The summed E-state index contributed by atoms with van der Waals surface area (Å²) in [5.74, 6) is -1.85. The van der Waals surface area contributed by atoms with Gasteiger partial charge in [0.1, 0.15) is 11.4 Å². The van der Waals surface area contributed by atoms with Gasteiger partial charge in [0.05, 0.1) is 22.9 Å². The molecule has 1 aliphatic rings. The lowest BCUT2D eigenvalue weighted by molar-refractivity contribution is 0.0695. The Bertz CT molecular complexity index is 1150. The molecule has 9 heteroatoms. The normalized spacial score (nSPS) is 17.1. The summed E-state index contributed by atoms with van der Waals surface area (Å²) >= 11 is 0. The molecule has 1 unspecified atom stereocenters. The number of hydrogen-bond donors (Lipinski definition) is 2. The van der Waals surface area contributed by atoms with Crippen LogP contribution in [0.1, 0.15) is 29.0 Å². The van der Waals surface area contributed by atoms with Gasteiger partial charge < -0.3 is 19.9 Å². The molecule has 2 N–H and O–H groups in total. The fourth-order valence-corrected chi connectivity index (χ4v) is 3.95. The number of piperazine rings is 1. The number of rotatable bonds is 4. The number of carboxylic acids is 1. The molecule has 1 aromatic carbocycles. The lowest BCUT2D eigenvalue weighted by atomic mass is 10.1. The van der Waals surface area contributed by atoms with Crippen molar-refractivity contribution in [2.45, 2.75) is 19.5 Å². The predicted octanol–water partition coefficient (Wildman–Crippen LogP) is 1.74. The smallest absolute Gasteiger partial charge is 0.341 e. The number of nitrogens with zero attached hydrogens (tertiary/aromatic N) is 4. The summed E-state index contributed by atoms with van der Waals surface area (Å²) in [4.78, 5) is 25.9. The van der Waals surface area contributed by atoms with E-state index in [-0.39, 0.29) is 17.0 Å². The predicted molar refractivity (Wildman–Crippen MR) is 107 cm³/mol. The molecule has 1 aliphatic heterocycles. The van der Waals surface area contributed by atoms with E-state index in [0.29, 0.717) is 37.4 Å². The van der Waals surface area contributed by atoms with Gasteiger partial charge in [-0.2, -0.15) is 5.10 Å². The van der Waals surface area contributed by atoms with Crippen molar-refractivity contribution in [1.82, 2.24) is 19.7 Å². The SMILES string of the molecule is CCn1cc(C(=O)O)c(=O)c2cc(F)c(N3CCNC(c4ccnn4C)C3)cc21. The summed E-state index contributed by atoms with van der Waals surface area (Å²) in [6.45, 7) is 4.14. The maximum absolute atomic E-state index is 15.0. The van der Waals surface area contributed by atoms with Gasteiger partial charge >= 0.3 is 5.97 Å². The molecule has 0 radical (unpaired) electrons. The van der Waals surface area contributed by atoms with Crippen LogP contribution in [0, 0.1) is 5.82 Å². The molecule has 152 valence electrons. The minimum atomic E-state index is -1.32. The van der Waals surface area contributed by atoms with Crippen LogP contribution in [0.3, 0.4) is 0 Å². The van der Waals surface area contributed by atoms with Crippen molar-refractivity contribution in [3.05, 3.63) is 57.9 Å². The fourth-order valence-electron chi connectivity index (χ4n) is 3.95. The van der Waals surface area contributed by atoms with Crippen molar-refractivity contribution in [1.29, 1.82) is 0 Å². The van der Waals surface area contributed by atoms with Crippen LogP contribution in [0.2, 0.25) is 0 Å². The van der Waals surface area contributed by atoms with E-state index < -0.39 is 17.2 Å². The Morgan fingerprint density at radius 3 is 2.86 bits per heavy atom. The van der Waals surface area contributed by atoms with Crippen molar-refractivity contribution >= 4 is 22.6 Å². The molecule has 1 saturated heterocycles. The van der Waals surface area contributed by atoms with Crippen LogP contribution in [0.25, 0.3) is 10.9 Å². The molecular weight excluding hydrogens is 377 g/mol. The Hall–Kier alpha value is -3.20. The molecule has 0 aliphatic carbocycles. The first-order valence-electron chi connectivity index (χ1n) is 9.47. The van der Waals surface area contributed by atoms with Crippen molar-refractivity contribution in [3.8, 4) is 0 Å². The van der Waals surface area contributed by atoms with Crippen LogP contribution in [0.15, 0.2) is 35.4 Å². The zero-order valence-corrected chi connectivity index (χ0v) is 16.2. The summed E-state index contributed by atoms with van der Waals surface area (Å²) in [5, 5.41) is 17.0. The van der Waals surface area contributed by atoms with E-state index in [2.05, 4.69) is 10.4 Å². The third-order valence-electron chi connectivity index (χ3n) is 5.45. The second-order valence-corrected chi connectivity index (χ2v) is 7.12. The lowest BCUT2D eigenvalue weighted by Crippen LogP contribution is -2.46. The van der Waals surface area contributed by atoms with Crippen LogP contribution in [0.5, 0.6) is 0 Å². The summed E-state index contributed by atoms with van der Waals surface area (Å²) < 4.78 is 18.5. The first-order valence-corrected chi connectivity index (χ1v) is 9.47. The Kier molecular flexibility index (Phi) is 4.83. The van der Waals surface area contributed by atoms with Gasteiger partial charge in [0, 0.05) is 51.0 Å². The highest BCUT2D eigenvalue weighted by atomic mass is 19.1. The van der Waals surface area contributed by atoms with Crippen LogP contribution < -0.4 is 15.6 Å². The average Bonchev–Trinajstić information content (AvgIpc) is 3.14. The van der Waals surface area contributed by atoms with Gasteiger partial charge in [-0.05, 0) is 25.1 Å². The fraction of sp³-hybridized carbons (Fsp3) is 0.350. The number of fused-ring (bicyclic) bond motifs is 1. The van der Waals surface area contributed by atoms with Crippen LogP contribution in [-0.2, 0) is 13.6 Å². The van der Waals surface area contributed by atoms with E-state index in [9.17, 15) is 14.7 Å². The van der Waals surface area contributed by atoms with E-state index in [0.717, 1.165) is 11.8 Å². The summed E-state index contributed by atoms with van der Waals surface area (Å²) in [6.07, 6.45) is 3.05. The van der Waals surface area contributed by atoms with Crippen LogP contribution >= 0.6 is 0 Å². The number of carboxylic acid groups (broad SMARTS) is 1. The van der Waals surface area contributed by atoms with Crippen molar-refractivity contribution < 1.29 is 14.3 Å². The van der Waals surface area contributed by atoms with Crippen molar-refractivity contribution in [2.24, 2.45) is 7.05 Å². The molecule has 8 nitrogen and oxygen atoms in total. The topological polar surface area (TPSA) is 92.4 Å². The number of carbonyl (C=O) groups is 1. The first kappa shape index (κ1) is 19.1. The molecule has 0 saturated carbocycles. The van der Waals surface area contributed by atoms with Gasteiger partial charge in [-0.1, -0.05) is 0 Å². The zero-order valence-electron chi connectivity index (χ0n) is 16.2. The number of nitrogens with one attached hydrogen (secondary N) is 1. The molecule has 2 aromatic heterocycles. The number of halogens is 1. The third-order valence-corrected chi connectivity index (χ3v) is 5.45. The van der Waals surface area contributed by atoms with Gasteiger partial charge in [-0.3, -0.25) is 9.48 Å². The molecule has 1 fully saturated rings. The van der Waals surface area contributed by atoms with Crippen molar-refractivity contribution in [2.75, 3.05) is 24.5 Å². The van der Waals surface area contributed by atoms with Gasteiger partial charge in [0.2, 0.25) is 5.43 Å². The van der Waals surface area contributed by atoms with Crippen LogP contribution in [-0.4, -0.2) is 45.1 Å². The minimum absolute atomic E-state index is 0.00546. The number of aromatic nitrogens is 3. The molecule has 3 aromatic rings. The van der Waals surface area contributed by atoms with E-state index in [4.69, 9.17) is 0 Å². The molecule has 0 bridgehead atoms. The van der Waals surface area contributed by atoms with Crippen molar-refractivity contribution in [3.63, 3.8) is 0 Å². The number of benzene rings is 1. The Balaban J connectivity index is 1.79. The van der Waals surface area contributed by atoms with E-state index in [1.54, 1.807) is 21.5 Å². The number of pyridine rings is 1. The quantitative estimate of drug-likeness (QED) is 0.694. The first-order chi connectivity index (χ1) is 13.9.